The Hall–Kier alpha value is -1.03. The molecule has 0 amide bonds. The first-order valence-electron chi connectivity index (χ1n) is 5.70. The normalized spacial score (nSPS) is 12.2. The highest BCUT2D eigenvalue weighted by atomic mass is 16.5. The Labute approximate surface area is 98.0 Å². The molecule has 1 rings (SSSR count). The van der Waals surface area contributed by atoms with E-state index in [-0.39, 0.29) is 5.54 Å². The van der Waals surface area contributed by atoms with Crippen molar-refractivity contribution in [1.82, 2.24) is 15.1 Å². The third-order valence-electron chi connectivity index (χ3n) is 2.36. The Morgan fingerprint density at radius 3 is 2.50 bits per heavy atom. The predicted molar refractivity (Wildman–Crippen MR) is 65.8 cm³/mol. The summed E-state index contributed by atoms with van der Waals surface area (Å²) in [4.78, 5) is 0. The quantitative estimate of drug-likeness (QED) is 0.855. The number of rotatable bonds is 4. The molecule has 16 heavy (non-hydrogen) atoms. The van der Waals surface area contributed by atoms with E-state index in [0.717, 1.165) is 18.0 Å². The Balaban J connectivity index is 2.87. The van der Waals surface area contributed by atoms with E-state index in [0.29, 0.717) is 6.04 Å². The molecule has 0 unspecified atom stereocenters. The fourth-order valence-corrected chi connectivity index (χ4v) is 1.50. The smallest absolute Gasteiger partial charge is 0.161 e. The van der Waals surface area contributed by atoms with Gasteiger partial charge < -0.3 is 10.1 Å². The van der Waals surface area contributed by atoms with E-state index in [1.165, 1.54) is 0 Å². The molecule has 1 aromatic heterocycles. The van der Waals surface area contributed by atoms with Gasteiger partial charge in [-0.2, -0.15) is 5.10 Å². The first-order chi connectivity index (χ1) is 7.35. The third kappa shape index (κ3) is 3.23. The zero-order valence-corrected chi connectivity index (χ0v) is 11.2. The average molecular weight is 225 g/mol. The number of nitrogens with one attached hydrogen (secondary N) is 1. The van der Waals surface area contributed by atoms with Crippen molar-refractivity contribution in [3.63, 3.8) is 0 Å². The number of nitrogens with zero attached hydrogens (tertiary/aromatic N) is 2. The second-order valence-electron chi connectivity index (χ2n) is 5.30. The van der Waals surface area contributed by atoms with E-state index in [2.05, 4.69) is 45.0 Å². The largest absolute Gasteiger partial charge is 0.493 e. The van der Waals surface area contributed by atoms with Gasteiger partial charge in [0, 0.05) is 18.1 Å². The van der Waals surface area contributed by atoms with Crippen LogP contribution in [-0.4, -0.2) is 22.4 Å². The lowest BCUT2D eigenvalue weighted by Gasteiger charge is -2.22. The molecule has 0 fully saturated rings. The zero-order chi connectivity index (χ0) is 12.3. The van der Waals surface area contributed by atoms with Crippen LogP contribution in [0.5, 0.6) is 5.75 Å². The van der Waals surface area contributed by atoms with Crippen LogP contribution in [0.25, 0.3) is 0 Å². The van der Waals surface area contributed by atoms with E-state index in [1.54, 1.807) is 13.3 Å². The highest BCUT2D eigenvalue weighted by Crippen LogP contribution is 2.21. The minimum Gasteiger partial charge on any atom is -0.493 e. The van der Waals surface area contributed by atoms with Crippen LogP contribution in [0.1, 0.15) is 46.4 Å². The van der Waals surface area contributed by atoms with Gasteiger partial charge in [0.1, 0.15) is 0 Å². The third-order valence-corrected chi connectivity index (χ3v) is 2.36. The number of hydrogen-bond donors (Lipinski definition) is 1. The minimum atomic E-state index is 0.0943. The molecule has 1 N–H and O–H groups in total. The Kier molecular flexibility index (Phi) is 3.97. The predicted octanol–water partition coefficient (Wildman–Crippen LogP) is 2.36. The highest BCUT2D eigenvalue weighted by Gasteiger charge is 2.16. The zero-order valence-electron chi connectivity index (χ0n) is 11.2. The van der Waals surface area contributed by atoms with Crippen LogP contribution in [0, 0.1) is 0 Å². The monoisotopic (exact) mass is 225 g/mol. The van der Waals surface area contributed by atoms with Gasteiger partial charge in [-0.1, -0.05) is 0 Å². The maximum Gasteiger partial charge on any atom is 0.161 e. The Morgan fingerprint density at radius 1 is 1.44 bits per heavy atom. The molecule has 4 heteroatoms. The number of aromatic nitrogens is 2. The first kappa shape index (κ1) is 13.0. The maximum absolute atomic E-state index is 5.32. The fraction of sp³-hybridized carbons (Fsp3) is 0.750. The van der Waals surface area contributed by atoms with Crippen LogP contribution < -0.4 is 10.1 Å². The summed E-state index contributed by atoms with van der Waals surface area (Å²) in [6.45, 7) is 11.4. The molecule has 0 radical (unpaired) electrons. The van der Waals surface area contributed by atoms with Gasteiger partial charge in [0.15, 0.2) is 5.75 Å². The molecule has 0 atom stereocenters. The van der Waals surface area contributed by atoms with E-state index < -0.39 is 0 Å². The summed E-state index contributed by atoms with van der Waals surface area (Å²) >= 11 is 0. The van der Waals surface area contributed by atoms with Gasteiger partial charge in [-0.25, -0.2) is 0 Å². The molecule has 0 bridgehead atoms. The van der Waals surface area contributed by atoms with E-state index >= 15 is 0 Å². The van der Waals surface area contributed by atoms with Crippen molar-refractivity contribution in [2.75, 3.05) is 7.11 Å². The molecule has 0 aromatic carbocycles. The second kappa shape index (κ2) is 4.87. The molecule has 0 aliphatic rings. The molecule has 0 aliphatic carbocycles. The summed E-state index contributed by atoms with van der Waals surface area (Å²) in [6.07, 6.45) is 1.78. The second-order valence-corrected chi connectivity index (χ2v) is 5.30. The van der Waals surface area contributed by atoms with E-state index in [4.69, 9.17) is 4.74 Å². The Morgan fingerprint density at radius 2 is 2.06 bits per heavy atom. The summed E-state index contributed by atoms with van der Waals surface area (Å²) < 4.78 is 7.32. The van der Waals surface area contributed by atoms with Crippen molar-refractivity contribution in [3.05, 3.63) is 11.9 Å². The molecule has 0 spiro atoms. The lowest BCUT2D eigenvalue weighted by Crippen LogP contribution is -2.36. The Bertz CT molecular complexity index is 337. The van der Waals surface area contributed by atoms with Crippen molar-refractivity contribution in [2.24, 2.45) is 0 Å². The molecular weight excluding hydrogens is 202 g/mol. The van der Waals surface area contributed by atoms with Crippen LogP contribution in [0.2, 0.25) is 0 Å². The average Bonchev–Trinajstić information content (AvgIpc) is 2.56. The van der Waals surface area contributed by atoms with Crippen LogP contribution in [0.4, 0.5) is 0 Å². The topological polar surface area (TPSA) is 39.1 Å². The van der Waals surface area contributed by atoms with Gasteiger partial charge in [-0.3, -0.25) is 4.68 Å². The van der Waals surface area contributed by atoms with Crippen molar-refractivity contribution in [1.29, 1.82) is 0 Å². The van der Waals surface area contributed by atoms with Crippen molar-refractivity contribution in [3.8, 4) is 5.75 Å². The van der Waals surface area contributed by atoms with Crippen molar-refractivity contribution >= 4 is 0 Å². The summed E-state index contributed by atoms with van der Waals surface area (Å²) in [5.41, 5.74) is 1.20. The van der Waals surface area contributed by atoms with Crippen LogP contribution in [0.15, 0.2) is 6.20 Å². The molecule has 0 saturated carbocycles. The van der Waals surface area contributed by atoms with Gasteiger partial charge in [-0.05, 0) is 34.6 Å². The van der Waals surface area contributed by atoms with Gasteiger partial charge in [0.25, 0.3) is 0 Å². The fourth-order valence-electron chi connectivity index (χ4n) is 1.50. The molecule has 92 valence electrons. The van der Waals surface area contributed by atoms with Crippen molar-refractivity contribution in [2.45, 2.75) is 52.7 Å². The molecule has 1 aromatic rings. The first-order valence-corrected chi connectivity index (χ1v) is 5.70. The highest BCUT2D eigenvalue weighted by molar-refractivity contribution is 5.25. The van der Waals surface area contributed by atoms with Gasteiger partial charge >= 0.3 is 0 Å². The van der Waals surface area contributed by atoms with Gasteiger partial charge in [-0.15, -0.1) is 0 Å². The maximum atomic E-state index is 5.32. The number of methoxy groups -OCH3 is 1. The van der Waals surface area contributed by atoms with Crippen LogP contribution >= 0.6 is 0 Å². The molecule has 4 nitrogen and oxygen atoms in total. The molecule has 1 heterocycles. The SMILES string of the molecule is COc1cnn(C(C)C)c1CNC(C)(C)C. The summed E-state index contributed by atoms with van der Waals surface area (Å²) in [6, 6.07) is 0.348. The summed E-state index contributed by atoms with van der Waals surface area (Å²) in [7, 11) is 1.68. The van der Waals surface area contributed by atoms with Crippen molar-refractivity contribution < 1.29 is 4.74 Å². The van der Waals surface area contributed by atoms with Gasteiger partial charge in [0.2, 0.25) is 0 Å². The summed E-state index contributed by atoms with van der Waals surface area (Å²) in [5.74, 6) is 0.852. The minimum absolute atomic E-state index is 0.0943. The molecule has 0 saturated heterocycles. The number of ether oxygens (including phenoxy) is 1. The van der Waals surface area contributed by atoms with E-state index in [9.17, 15) is 0 Å². The van der Waals surface area contributed by atoms with Gasteiger partial charge in [0.05, 0.1) is 19.0 Å². The standard InChI is InChI=1S/C12H23N3O/c1-9(2)15-10(7-13-12(3,4)5)11(16-6)8-14-15/h8-9,13H,7H2,1-6H3. The van der Waals surface area contributed by atoms with Crippen LogP contribution in [0.3, 0.4) is 0 Å². The lowest BCUT2D eigenvalue weighted by atomic mass is 10.1. The summed E-state index contributed by atoms with van der Waals surface area (Å²) in [5, 5.41) is 7.79. The lowest BCUT2D eigenvalue weighted by molar-refractivity contribution is 0.377. The van der Waals surface area contributed by atoms with E-state index in [1.807, 2.05) is 4.68 Å². The van der Waals surface area contributed by atoms with Crippen LogP contribution in [-0.2, 0) is 6.54 Å². The molecule has 0 aliphatic heterocycles. The number of hydrogen-bond acceptors (Lipinski definition) is 3. The molecular formula is C12H23N3O.